The molecule has 1 fully saturated rings. The van der Waals surface area contributed by atoms with Crippen LogP contribution in [0.2, 0.25) is 0 Å². The largest absolute Gasteiger partial charge is 0.356 e. The van der Waals surface area contributed by atoms with E-state index in [9.17, 15) is 9.59 Å². The Morgan fingerprint density at radius 1 is 1.53 bits per heavy atom. The van der Waals surface area contributed by atoms with Crippen LogP contribution >= 0.6 is 11.6 Å². The molecule has 1 rings (SSSR count). The van der Waals surface area contributed by atoms with Gasteiger partial charge in [0.1, 0.15) is 0 Å². The van der Waals surface area contributed by atoms with Crippen LogP contribution in [0, 0.1) is 0 Å². The lowest BCUT2D eigenvalue weighted by Gasteiger charge is -2.15. The van der Waals surface area contributed by atoms with Crippen molar-refractivity contribution in [2.75, 3.05) is 25.5 Å². The first-order valence-electron chi connectivity index (χ1n) is 5.34. The zero-order valence-corrected chi connectivity index (χ0v) is 9.55. The highest BCUT2D eigenvalue weighted by Crippen LogP contribution is 2.09. The molecule has 0 atom stereocenters. The molecule has 2 amide bonds. The minimum atomic E-state index is -0.0160. The standard InChI is InChI=1S/C10H17ClN2O2/c11-5-4-9(14)12-6-2-8-13-7-1-3-10(13)15/h1-8H2,(H,12,14). The minimum absolute atomic E-state index is 0.0160. The Kier molecular flexibility index (Phi) is 5.47. The molecule has 0 aromatic carbocycles. The maximum Gasteiger partial charge on any atom is 0.222 e. The number of hydrogen-bond acceptors (Lipinski definition) is 2. The van der Waals surface area contributed by atoms with Crippen LogP contribution in [0.15, 0.2) is 0 Å². The lowest BCUT2D eigenvalue weighted by atomic mass is 10.3. The van der Waals surface area contributed by atoms with Crippen LogP contribution in [-0.4, -0.2) is 42.2 Å². The first kappa shape index (κ1) is 12.3. The number of carbonyl (C=O) groups excluding carboxylic acids is 2. The number of hydrogen-bond donors (Lipinski definition) is 1. The van der Waals surface area contributed by atoms with Crippen molar-refractivity contribution in [2.45, 2.75) is 25.7 Å². The van der Waals surface area contributed by atoms with Crippen molar-refractivity contribution < 1.29 is 9.59 Å². The summed E-state index contributed by atoms with van der Waals surface area (Å²) in [6.45, 7) is 2.24. The maximum absolute atomic E-state index is 11.2. The van der Waals surface area contributed by atoms with Gasteiger partial charge in [-0.2, -0.15) is 0 Å². The van der Waals surface area contributed by atoms with Crippen molar-refractivity contribution in [3.05, 3.63) is 0 Å². The van der Waals surface area contributed by atoms with Gasteiger partial charge in [-0.15, -0.1) is 11.6 Å². The smallest absolute Gasteiger partial charge is 0.222 e. The number of amides is 2. The van der Waals surface area contributed by atoms with Crippen LogP contribution < -0.4 is 5.32 Å². The van der Waals surface area contributed by atoms with Gasteiger partial charge in [-0.1, -0.05) is 0 Å². The SMILES string of the molecule is O=C(CCCl)NCCCN1CCCC1=O. The molecule has 0 aromatic rings. The summed E-state index contributed by atoms with van der Waals surface area (Å²) in [5, 5.41) is 2.76. The first-order chi connectivity index (χ1) is 7.24. The van der Waals surface area contributed by atoms with Crippen molar-refractivity contribution in [3.63, 3.8) is 0 Å². The second-order valence-corrected chi connectivity index (χ2v) is 4.00. The Morgan fingerprint density at radius 2 is 2.33 bits per heavy atom. The van der Waals surface area contributed by atoms with Gasteiger partial charge in [0.15, 0.2) is 0 Å². The molecule has 0 spiro atoms. The van der Waals surface area contributed by atoms with Crippen molar-refractivity contribution in [1.29, 1.82) is 0 Å². The van der Waals surface area contributed by atoms with Crippen LogP contribution in [0.25, 0.3) is 0 Å². The first-order valence-corrected chi connectivity index (χ1v) is 5.88. The lowest BCUT2D eigenvalue weighted by molar-refractivity contribution is -0.127. The summed E-state index contributed by atoms with van der Waals surface area (Å²) in [4.78, 5) is 24.1. The van der Waals surface area contributed by atoms with Crippen LogP contribution in [-0.2, 0) is 9.59 Å². The third kappa shape index (κ3) is 4.51. The number of likely N-dealkylation sites (tertiary alicyclic amines) is 1. The van der Waals surface area contributed by atoms with Gasteiger partial charge in [0.05, 0.1) is 0 Å². The van der Waals surface area contributed by atoms with Gasteiger partial charge < -0.3 is 10.2 Å². The Balaban J connectivity index is 2.01. The number of nitrogens with one attached hydrogen (secondary N) is 1. The van der Waals surface area contributed by atoms with E-state index in [2.05, 4.69) is 5.32 Å². The highest BCUT2D eigenvalue weighted by Gasteiger charge is 2.18. The Bertz CT molecular complexity index is 233. The van der Waals surface area contributed by atoms with Crippen LogP contribution in [0.5, 0.6) is 0 Å². The molecular formula is C10H17ClN2O2. The summed E-state index contributed by atoms with van der Waals surface area (Å²) in [6.07, 6.45) is 2.83. The second kappa shape index (κ2) is 6.67. The van der Waals surface area contributed by atoms with E-state index in [-0.39, 0.29) is 11.8 Å². The molecule has 1 aliphatic heterocycles. The van der Waals surface area contributed by atoms with Crippen molar-refractivity contribution >= 4 is 23.4 Å². The molecule has 1 heterocycles. The van der Waals surface area contributed by atoms with Gasteiger partial charge in [-0.05, 0) is 12.8 Å². The monoisotopic (exact) mass is 232 g/mol. The molecule has 1 saturated heterocycles. The molecular weight excluding hydrogens is 216 g/mol. The van der Waals surface area contributed by atoms with Gasteiger partial charge in [-0.25, -0.2) is 0 Å². The molecule has 15 heavy (non-hydrogen) atoms. The maximum atomic E-state index is 11.2. The minimum Gasteiger partial charge on any atom is -0.356 e. The average molecular weight is 233 g/mol. The molecule has 0 unspecified atom stereocenters. The van der Waals surface area contributed by atoms with E-state index < -0.39 is 0 Å². The van der Waals surface area contributed by atoms with Crippen LogP contribution in [0.4, 0.5) is 0 Å². The normalized spacial score (nSPS) is 15.8. The molecule has 0 saturated carbocycles. The molecule has 5 heteroatoms. The summed E-state index contributed by atoms with van der Waals surface area (Å²) in [5.74, 6) is 0.580. The van der Waals surface area contributed by atoms with E-state index in [4.69, 9.17) is 11.6 Å². The Hall–Kier alpha value is -0.770. The van der Waals surface area contributed by atoms with Crippen LogP contribution in [0.1, 0.15) is 25.7 Å². The highest BCUT2D eigenvalue weighted by atomic mass is 35.5. The fraction of sp³-hybridized carbons (Fsp3) is 0.800. The summed E-state index contributed by atoms with van der Waals surface area (Å²) >= 11 is 5.42. The topological polar surface area (TPSA) is 49.4 Å². The number of alkyl halides is 1. The Labute approximate surface area is 95.0 Å². The van der Waals surface area contributed by atoms with Gasteiger partial charge in [0, 0.05) is 38.4 Å². The zero-order valence-electron chi connectivity index (χ0n) is 8.80. The summed E-state index contributed by atoms with van der Waals surface area (Å²) < 4.78 is 0. The molecule has 1 aliphatic rings. The van der Waals surface area contributed by atoms with Gasteiger partial charge in [0.2, 0.25) is 11.8 Å². The lowest BCUT2D eigenvalue weighted by Crippen LogP contribution is -2.30. The van der Waals surface area contributed by atoms with Crippen molar-refractivity contribution in [1.82, 2.24) is 10.2 Å². The number of halogens is 1. The van der Waals surface area contributed by atoms with E-state index in [1.807, 2.05) is 4.90 Å². The van der Waals surface area contributed by atoms with Gasteiger partial charge in [0.25, 0.3) is 0 Å². The van der Waals surface area contributed by atoms with Gasteiger partial charge >= 0.3 is 0 Å². The van der Waals surface area contributed by atoms with Crippen LogP contribution in [0.3, 0.4) is 0 Å². The summed E-state index contributed by atoms with van der Waals surface area (Å²) in [5.41, 5.74) is 0. The van der Waals surface area contributed by atoms with E-state index in [1.165, 1.54) is 0 Å². The van der Waals surface area contributed by atoms with Crippen molar-refractivity contribution in [2.24, 2.45) is 0 Å². The molecule has 1 N–H and O–H groups in total. The quantitative estimate of drug-likeness (QED) is 0.543. The molecule has 0 aliphatic carbocycles. The molecule has 0 radical (unpaired) electrons. The number of carbonyl (C=O) groups is 2. The number of rotatable bonds is 6. The predicted molar refractivity (Wildman–Crippen MR) is 58.8 cm³/mol. The average Bonchev–Trinajstić information content (AvgIpc) is 2.60. The van der Waals surface area contributed by atoms with E-state index in [0.717, 1.165) is 25.9 Å². The van der Waals surface area contributed by atoms with E-state index >= 15 is 0 Å². The fourth-order valence-corrected chi connectivity index (χ4v) is 1.78. The third-order valence-electron chi connectivity index (χ3n) is 2.42. The molecule has 86 valence electrons. The van der Waals surface area contributed by atoms with E-state index in [0.29, 0.717) is 25.3 Å². The molecule has 0 aromatic heterocycles. The third-order valence-corrected chi connectivity index (χ3v) is 2.61. The zero-order chi connectivity index (χ0) is 11.1. The molecule has 4 nitrogen and oxygen atoms in total. The van der Waals surface area contributed by atoms with E-state index in [1.54, 1.807) is 0 Å². The second-order valence-electron chi connectivity index (χ2n) is 3.63. The number of nitrogens with zero attached hydrogens (tertiary/aromatic N) is 1. The summed E-state index contributed by atoms with van der Waals surface area (Å²) in [7, 11) is 0. The van der Waals surface area contributed by atoms with Gasteiger partial charge in [-0.3, -0.25) is 9.59 Å². The highest BCUT2D eigenvalue weighted by molar-refractivity contribution is 6.18. The fourth-order valence-electron chi connectivity index (χ4n) is 1.61. The predicted octanol–water partition coefficient (Wildman–Crippen LogP) is 0.744. The summed E-state index contributed by atoms with van der Waals surface area (Å²) in [6, 6.07) is 0. The molecule has 0 bridgehead atoms. The Morgan fingerprint density at radius 3 is 2.93 bits per heavy atom. The van der Waals surface area contributed by atoms with Crippen molar-refractivity contribution in [3.8, 4) is 0 Å².